The number of nitrogens with zero attached hydrogens (tertiary/aromatic N) is 4. The summed E-state index contributed by atoms with van der Waals surface area (Å²) in [5.41, 5.74) is 2.48. The zero-order valence-corrected chi connectivity index (χ0v) is 20.6. The molecule has 2 atom stereocenters. The monoisotopic (exact) mass is 517 g/mol. The summed E-state index contributed by atoms with van der Waals surface area (Å²) in [6.45, 7) is 2.18. The van der Waals surface area contributed by atoms with Gasteiger partial charge in [0.25, 0.3) is 5.91 Å². The number of H-pyrrole nitrogens is 1. The van der Waals surface area contributed by atoms with Gasteiger partial charge in [-0.15, -0.1) is 5.10 Å². The summed E-state index contributed by atoms with van der Waals surface area (Å²) in [4.78, 5) is 29.4. The smallest absolute Gasteiger partial charge is 0.410 e. The molecule has 2 saturated heterocycles. The number of piperidine rings is 1. The minimum Gasteiger partial charge on any atom is -0.445 e. The molecule has 0 saturated carbocycles. The van der Waals surface area contributed by atoms with E-state index < -0.39 is 15.9 Å². The molecule has 2 fully saturated rings. The van der Waals surface area contributed by atoms with Gasteiger partial charge in [0.2, 0.25) is 0 Å². The second-order valence-corrected chi connectivity index (χ2v) is 11.6. The van der Waals surface area contributed by atoms with E-state index >= 15 is 0 Å². The molecule has 2 amide bonds. The molecule has 3 heterocycles. The van der Waals surface area contributed by atoms with Crippen LogP contribution < -0.4 is 0 Å². The van der Waals surface area contributed by atoms with E-state index in [2.05, 4.69) is 15.4 Å². The molecule has 0 unspecified atom stereocenters. The van der Waals surface area contributed by atoms with Crippen molar-refractivity contribution in [2.24, 2.45) is 11.8 Å². The van der Waals surface area contributed by atoms with Gasteiger partial charge >= 0.3 is 6.09 Å². The summed E-state index contributed by atoms with van der Waals surface area (Å²) < 4.78 is 29.1. The lowest BCUT2D eigenvalue weighted by Gasteiger charge is -2.34. The number of likely N-dealkylation sites (tertiary alicyclic amines) is 2. The first-order chi connectivity index (χ1) is 16.7. The van der Waals surface area contributed by atoms with Gasteiger partial charge < -0.3 is 14.5 Å². The van der Waals surface area contributed by atoms with Crippen molar-refractivity contribution in [3.8, 4) is 0 Å². The Labute approximate surface area is 207 Å². The van der Waals surface area contributed by atoms with Crippen LogP contribution in [0.4, 0.5) is 4.79 Å². The van der Waals surface area contributed by atoms with E-state index in [9.17, 15) is 18.0 Å². The molecule has 2 aliphatic rings. The first-order valence-corrected chi connectivity index (χ1v) is 13.5. The molecular weight excluding hydrogens is 494 g/mol. The molecule has 35 heavy (non-hydrogen) atoms. The number of carbonyl (C=O) groups excluding carboxylic acids is 2. The van der Waals surface area contributed by atoms with Gasteiger partial charge in [0.15, 0.2) is 9.84 Å². The van der Waals surface area contributed by atoms with Crippen molar-refractivity contribution in [2.75, 3.05) is 32.4 Å². The molecule has 10 nitrogen and oxygen atoms in total. The zero-order chi connectivity index (χ0) is 24.7. The highest BCUT2D eigenvalue weighted by Gasteiger charge is 2.40. The lowest BCUT2D eigenvalue weighted by Crippen LogP contribution is -2.43. The minimum absolute atomic E-state index is 0.0583. The Kier molecular flexibility index (Phi) is 6.14. The number of hydrogen-bond acceptors (Lipinski definition) is 7. The molecule has 2 aliphatic heterocycles. The maximum absolute atomic E-state index is 13.1. The van der Waals surface area contributed by atoms with Crippen LogP contribution in [0.1, 0.15) is 22.3 Å². The largest absolute Gasteiger partial charge is 0.445 e. The average Bonchev–Trinajstić information content (AvgIpc) is 3.47. The summed E-state index contributed by atoms with van der Waals surface area (Å²) in [6, 6.07) is 9.69. The summed E-state index contributed by atoms with van der Waals surface area (Å²) in [6.07, 6.45) is 1.44. The number of aromatic nitrogens is 3. The molecule has 0 bridgehead atoms. The van der Waals surface area contributed by atoms with Crippen molar-refractivity contribution in [1.29, 1.82) is 0 Å². The fraction of sp³-hybridized carbons (Fsp3) is 0.391. The maximum atomic E-state index is 13.1. The first kappa shape index (κ1) is 23.6. The van der Waals surface area contributed by atoms with Crippen molar-refractivity contribution in [3.05, 3.63) is 52.5 Å². The number of amides is 2. The van der Waals surface area contributed by atoms with Crippen LogP contribution in [0.2, 0.25) is 5.02 Å². The van der Waals surface area contributed by atoms with Gasteiger partial charge in [-0.25, -0.2) is 13.2 Å². The van der Waals surface area contributed by atoms with E-state index in [4.69, 9.17) is 16.3 Å². The number of benzene rings is 2. The second kappa shape index (κ2) is 9.12. The number of hydrogen-bond donors (Lipinski definition) is 1. The number of carbonyl (C=O) groups is 2. The lowest BCUT2D eigenvalue weighted by molar-refractivity contribution is 0.0642. The molecule has 0 spiro atoms. The normalized spacial score (nSPS) is 20.2. The summed E-state index contributed by atoms with van der Waals surface area (Å²) in [5, 5.41) is 10.8. The molecule has 184 valence electrons. The van der Waals surface area contributed by atoms with E-state index in [1.807, 2.05) is 4.90 Å². The number of halogens is 1. The van der Waals surface area contributed by atoms with Gasteiger partial charge in [-0.2, -0.15) is 0 Å². The van der Waals surface area contributed by atoms with Gasteiger partial charge in [0.05, 0.1) is 10.4 Å². The van der Waals surface area contributed by atoms with E-state index in [1.54, 1.807) is 29.2 Å². The first-order valence-electron chi connectivity index (χ1n) is 11.2. The predicted molar refractivity (Wildman–Crippen MR) is 128 cm³/mol. The van der Waals surface area contributed by atoms with Crippen LogP contribution in [-0.2, 0) is 21.2 Å². The maximum Gasteiger partial charge on any atom is 0.410 e. The average molecular weight is 518 g/mol. The van der Waals surface area contributed by atoms with Crippen LogP contribution in [0.5, 0.6) is 0 Å². The molecule has 5 rings (SSSR count). The summed E-state index contributed by atoms with van der Waals surface area (Å²) >= 11 is 6.03. The Balaban J connectivity index is 1.19. The van der Waals surface area contributed by atoms with Gasteiger partial charge in [0, 0.05) is 43.0 Å². The Bertz CT molecular complexity index is 1410. The van der Waals surface area contributed by atoms with Crippen molar-refractivity contribution < 1.29 is 22.7 Å². The van der Waals surface area contributed by atoms with Crippen LogP contribution in [0.25, 0.3) is 11.0 Å². The third kappa shape index (κ3) is 4.96. The molecule has 3 aromatic rings. The van der Waals surface area contributed by atoms with Crippen molar-refractivity contribution >= 4 is 44.5 Å². The third-order valence-corrected chi connectivity index (χ3v) is 7.95. The van der Waals surface area contributed by atoms with Gasteiger partial charge in [-0.3, -0.25) is 9.89 Å². The van der Waals surface area contributed by atoms with E-state index in [1.165, 1.54) is 12.1 Å². The SMILES string of the molecule is CS(=O)(=O)c1cc(Cl)cc(COC(=O)N2C[C@@H]3CN(C(=O)c4ccc5[nH]nnc5c4)CC[C@H]3C2)c1. The number of aromatic amines is 1. The summed E-state index contributed by atoms with van der Waals surface area (Å²) in [7, 11) is -3.43. The van der Waals surface area contributed by atoms with Crippen LogP contribution in [0.15, 0.2) is 41.3 Å². The van der Waals surface area contributed by atoms with E-state index in [0.29, 0.717) is 48.7 Å². The van der Waals surface area contributed by atoms with Gasteiger partial charge in [-0.05, 0) is 60.2 Å². The highest BCUT2D eigenvalue weighted by atomic mass is 35.5. The number of rotatable bonds is 4. The van der Waals surface area contributed by atoms with Gasteiger partial charge in [0.1, 0.15) is 12.1 Å². The fourth-order valence-corrected chi connectivity index (χ4v) is 5.84. The van der Waals surface area contributed by atoms with Crippen LogP contribution in [-0.4, -0.2) is 78.1 Å². The number of fused-ring (bicyclic) bond motifs is 2. The molecule has 2 aromatic carbocycles. The number of nitrogens with one attached hydrogen (secondary N) is 1. The Hall–Kier alpha value is -3.18. The highest BCUT2D eigenvalue weighted by molar-refractivity contribution is 7.90. The topological polar surface area (TPSA) is 126 Å². The molecule has 0 aliphatic carbocycles. The van der Waals surface area contributed by atoms with Crippen molar-refractivity contribution in [3.63, 3.8) is 0 Å². The van der Waals surface area contributed by atoms with E-state index in [-0.39, 0.29) is 28.4 Å². The third-order valence-electron chi connectivity index (χ3n) is 6.64. The molecule has 12 heteroatoms. The predicted octanol–water partition coefficient (Wildman–Crippen LogP) is 2.75. The fourth-order valence-electron chi connectivity index (χ4n) is 4.81. The Morgan fingerprint density at radius 2 is 1.89 bits per heavy atom. The highest BCUT2D eigenvalue weighted by Crippen LogP contribution is 2.32. The minimum atomic E-state index is -3.43. The van der Waals surface area contributed by atoms with Crippen LogP contribution >= 0.6 is 11.6 Å². The quantitative estimate of drug-likeness (QED) is 0.564. The van der Waals surface area contributed by atoms with Crippen LogP contribution in [0, 0.1) is 11.8 Å². The van der Waals surface area contributed by atoms with Gasteiger partial charge in [-0.1, -0.05) is 16.8 Å². The number of sulfone groups is 1. The molecule has 0 radical (unpaired) electrons. The van der Waals surface area contributed by atoms with Crippen molar-refractivity contribution in [1.82, 2.24) is 25.2 Å². The van der Waals surface area contributed by atoms with Crippen molar-refractivity contribution in [2.45, 2.75) is 17.9 Å². The lowest BCUT2D eigenvalue weighted by atomic mass is 9.88. The van der Waals surface area contributed by atoms with Crippen LogP contribution in [0.3, 0.4) is 0 Å². The zero-order valence-electron chi connectivity index (χ0n) is 19.0. The Morgan fingerprint density at radius 1 is 1.11 bits per heavy atom. The summed E-state index contributed by atoms with van der Waals surface area (Å²) in [5.74, 6) is 0.406. The van der Waals surface area contributed by atoms with E-state index in [0.717, 1.165) is 18.2 Å². The molecule has 1 aromatic heterocycles. The molecular formula is C23H24ClN5O5S. The number of ether oxygens (including phenoxy) is 1. The standard InChI is InChI=1S/C23H24ClN5O5S/c1-35(32,33)19-7-14(6-18(24)9-19)13-34-23(31)29-10-16-4-5-28(11-17(16)12-29)22(30)15-2-3-20-21(8-15)26-27-25-20/h2-3,6-9,16-17H,4-5,10-13H2,1H3,(H,25,26,27)/t16-,17-/m0/s1. The molecule has 1 N–H and O–H groups in total. The Morgan fingerprint density at radius 3 is 2.69 bits per heavy atom. The second-order valence-electron chi connectivity index (χ2n) is 9.13.